The molecule has 20 heavy (non-hydrogen) atoms. The number of nitrogens with one attached hydrogen (secondary N) is 2. The van der Waals surface area contributed by atoms with E-state index >= 15 is 0 Å². The molecule has 0 fully saturated rings. The van der Waals surface area contributed by atoms with E-state index in [2.05, 4.69) is 10.6 Å². The molecule has 0 aliphatic carbocycles. The Kier molecular flexibility index (Phi) is 4.43. The number of anilines is 1. The van der Waals surface area contributed by atoms with Gasteiger partial charge in [0.1, 0.15) is 5.60 Å². The first-order valence-corrected chi connectivity index (χ1v) is 7.23. The SMILES string of the molecule is CC(C)(C)OC(=O)NCCC1Cc2ccc(Cl)cc2N1. The molecule has 5 heteroatoms. The van der Waals surface area contributed by atoms with Gasteiger partial charge >= 0.3 is 6.09 Å². The van der Waals surface area contributed by atoms with Crippen molar-refractivity contribution in [3.63, 3.8) is 0 Å². The number of amides is 1. The molecule has 0 aromatic heterocycles. The minimum atomic E-state index is -0.456. The molecule has 2 N–H and O–H groups in total. The van der Waals surface area contributed by atoms with Crippen molar-refractivity contribution in [1.29, 1.82) is 0 Å². The highest BCUT2D eigenvalue weighted by molar-refractivity contribution is 6.30. The molecule has 0 spiro atoms. The zero-order chi connectivity index (χ0) is 14.8. The number of halogens is 1. The summed E-state index contributed by atoms with van der Waals surface area (Å²) in [6.45, 7) is 6.15. The molecule has 4 nitrogen and oxygen atoms in total. The predicted octanol–water partition coefficient (Wildman–Crippen LogP) is 3.59. The van der Waals surface area contributed by atoms with E-state index < -0.39 is 5.60 Å². The summed E-state index contributed by atoms with van der Waals surface area (Å²) >= 11 is 5.96. The quantitative estimate of drug-likeness (QED) is 0.896. The second-order valence-electron chi connectivity index (χ2n) is 6.06. The monoisotopic (exact) mass is 296 g/mol. The van der Waals surface area contributed by atoms with E-state index in [9.17, 15) is 4.79 Å². The second kappa shape index (κ2) is 5.92. The Morgan fingerprint density at radius 2 is 2.25 bits per heavy atom. The number of benzene rings is 1. The summed E-state index contributed by atoms with van der Waals surface area (Å²) < 4.78 is 5.19. The zero-order valence-corrected chi connectivity index (χ0v) is 12.9. The third-order valence-corrected chi connectivity index (χ3v) is 3.29. The lowest BCUT2D eigenvalue weighted by Crippen LogP contribution is -2.34. The molecule has 0 bridgehead atoms. The number of rotatable bonds is 3. The fourth-order valence-corrected chi connectivity index (χ4v) is 2.41. The van der Waals surface area contributed by atoms with Crippen LogP contribution in [0.1, 0.15) is 32.8 Å². The van der Waals surface area contributed by atoms with Gasteiger partial charge in [-0.25, -0.2) is 4.79 Å². The van der Waals surface area contributed by atoms with E-state index in [1.165, 1.54) is 5.56 Å². The number of hydrogen-bond donors (Lipinski definition) is 2. The predicted molar refractivity (Wildman–Crippen MR) is 81.4 cm³/mol. The van der Waals surface area contributed by atoms with E-state index in [4.69, 9.17) is 16.3 Å². The van der Waals surface area contributed by atoms with Crippen molar-refractivity contribution in [2.24, 2.45) is 0 Å². The van der Waals surface area contributed by atoms with Gasteiger partial charge in [-0.2, -0.15) is 0 Å². The van der Waals surface area contributed by atoms with Crippen LogP contribution in [0.25, 0.3) is 0 Å². The second-order valence-corrected chi connectivity index (χ2v) is 6.50. The molecule has 1 atom stereocenters. The van der Waals surface area contributed by atoms with Gasteiger partial charge in [-0.3, -0.25) is 0 Å². The van der Waals surface area contributed by atoms with Gasteiger partial charge in [-0.15, -0.1) is 0 Å². The third-order valence-electron chi connectivity index (χ3n) is 3.06. The van der Waals surface area contributed by atoms with E-state index in [0.717, 1.165) is 23.6 Å². The van der Waals surface area contributed by atoms with E-state index in [-0.39, 0.29) is 6.09 Å². The van der Waals surface area contributed by atoms with Gasteiger partial charge in [0.2, 0.25) is 0 Å². The molecule has 1 aliphatic heterocycles. The molecule has 1 aliphatic rings. The summed E-state index contributed by atoms with van der Waals surface area (Å²) in [5.74, 6) is 0. The number of carbonyl (C=O) groups excluding carboxylic acids is 1. The molecule has 1 aromatic carbocycles. The average Bonchev–Trinajstić information content (AvgIpc) is 2.68. The Morgan fingerprint density at radius 3 is 2.95 bits per heavy atom. The van der Waals surface area contributed by atoms with E-state index in [1.54, 1.807) is 0 Å². The molecule has 0 radical (unpaired) electrons. The van der Waals surface area contributed by atoms with Crippen molar-refractivity contribution in [3.8, 4) is 0 Å². The number of hydrogen-bond acceptors (Lipinski definition) is 3. The Balaban J connectivity index is 1.74. The normalized spacial score (nSPS) is 17.3. The van der Waals surface area contributed by atoms with Crippen LogP contribution < -0.4 is 10.6 Å². The van der Waals surface area contributed by atoms with Gasteiger partial charge < -0.3 is 15.4 Å². The van der Waals surface area contributed by atoms with E-state index in [1.807, 2.05) is 39.0 Å². The van der Waals surface area contributed by atoms with Gasteiger partial charge in [0.15, 0.2) is 0 Å². The number of alkyl carbamates (subject to hydrolysis) is 1. The van der Waals surface area contributed by atoms with Crippen LogP contribution in [-0.2, 0) is 11.2 Å². The van der Waals surface area contributed by atoms with Crippen molar-refractivity contribution in [1.82, 2.24) is 5.32 Å². The van der Waals surface area contributed by atoms with Crippen molar-refractivity contribution in [2.75, 3.05) is 11.9 Å². The molecule has 2 rings (SSSR count). The number of fused-ring (bicyclic) bond motifs is 1. The van der Waals surface area contributed by atoms with Gasteiger partial charge in [0, 0.05) is 23.3 Å². The Labute approximate surface area is 124 Å². The molecule has 1 heterocycles. The minimum absolute atomic E-state index is 0.332. The topological polar surface area (TPSA) is 50.4 Å². The van der Waals surface area contributed by atoms with Crippen LogP contribution in [0.2, 0.25) is 5.02 Å². The largest absolute Gasteiger partial charge is 0.444 e. The standard InChI is InChI=1S/C15H21ClN2O2/c1-15(2,3)20-14(19)17-7-6-12-8-10-4-5-11(16)9-13(10)18-12/h4-5,9,12,18H,6-8H2,1-3H3,(H,17,19). The third kappa shape index (κ3) is 4.30. The fraction of sp³-hybridized carbons (Fsp3) is 0.533. The molecular formula is C15H21ClN2O2. The van der Waals surface area contributed by atoms with Crippen LogP contribution in [0.4, 0.5) is 10.5 Å². The maximum atomic E-state index is 11.5. The maximum absolute atomic E-state index is 11.5. The first-order valence-electron chi connectivity index (χ1n) is 6.85. The molecular weight excluding hydrogens is 276 g/mol. The van der Waals surface area contributed by atoms with Crippen molar-refractivity contribution in [3.05, 3.63) is 28.8 Å². The Hall–Kier alpha value is -1.42. The molecule has 1 aromatic rings. The molecule has 110 valence electrons. The van der Waals surface area contributed by atoms with Crippen molar-refractivity contribution < 1.29 is 9.53 Å². The van der Waals surface area contributed by atoms with Gasteiger partial charge in [0.25, 0.3) is 0 Å². The highest BCUT2D eigenvalue weighted by Gasteiger charge is 2.21. The van der Waals surface area contributed by atoms with Crippen LogP contribution in [0.5, 0.6) is 0 Å². The summed E-state index contributed by atoms with van der Waals surface area (Å²) in [6, 6.07) is 6.23. The van der Waals surface area contributed by atoms with E-state index in [0.29, 0.717) is 12.6 Å². The first-order chi connectivity index (χ1) is 9.33. The van der Waals surface area contributed by atoms with Crippen molar-refractivity contribution in [2.45, 2.75) is 45.3 Å². The van der Waals surface area contributed by atoms with Crippen molar-refractivity contribution >= 4 is 23.4 Å². The molecule has 1 unspecified atom stereocenters. The van der Waals surface area contributed by atoms with Crippen LogP contribution >= 0.6 is 11.6 Å². The zero-order valence-electron chi connectivity index (χ0n) is 12.1. The van der Waals surface area contributed by atoms with Crippen LogP contribution in [0, 0.1) is 0 Å². The lowest BCUT2D eigenvalue weighted by atomic mass is 10.1. The average molecular weight is 297 g/mol. The first kappa shape index (κ1) is 15.0. The van der Waals surface area contributed by atoms with Gasteiger partial charge in [0.05, 0.1) is 0 Å². The fourth-order valence-electron chi connectivity index (χ4n) is 2.23. The highest BCUT2D eigenvalue weighted by Crippen LogP contribution is 2.29. The van der Waals surface area contributed by atoms with Gasteiger partial charge in [-0.05, 0) is 51.3 Å². The van der Waals surface area contributed by atoms with Gasteiger partial charge in [-0.1, -0.05) is 17.7 Å². The Morgan fingerprint density at radius 1 is 1.50 bits per heavy atom. The summed E-state index contributed by atoms with van der Waals surface area (Å²) in [6.07, 6.45) is 1.45. The Bertz CT molecular complexity index is 497. The lowest BCUT2D eigenvalue weighted by Gasteiger charge is -2.20. The number of carbonyl (C=O) groups is 1. The maximum Gasteiger partial charge on any atom is 0.407 e. The molecule has 0 saturated carbocycles. The smallest absolute Gasteiger partial charge is 0.407 e. The summed E-state index contributed by atoms with van der Waals surface area (Å²) in [7, 11) is 0. The lowest BCUT2D eigenvalue weighted by molar-refractivity contribution is 0.0527. The van der Waals surface area contributed by atoms with Crippen LogP contribution in [0.3, 0.4) is 0 Å². The number of ether oxygens (including phenoxy) is 1. The molecule has 1 amide bonds. The summed E-state index contributed by atoms with van der Waals surface area (Å²) in [4.78, 5) is 11.5. The summed E-state index contributed by atoms with van der Waals surface area (Å²) in [5.41, 5.74) is 1.92. The molecule has 0 saturated heterocycles. The van der Waals surface area contributed by atoms with Crippen LogP contribution in [-0.4, -0.2) is 24.3 Å². The minimum Gasteiger partial charge on any atom is -0.444 e. The highest BCUT2D eigenvalue weighted by atomic mass is 35.5. The summed E-state index contributed by atoms with van der Waals surface area (Å²) in [5, 5.41) is 6.94. The van der Waals surface area contributed by atoms with Crippen LogP contribution in [0.15, 0.2) is 18.2 Å².